The van der Waals surface area contributed by atoms with Crippen LogP contribution in [-0.2, 0) is 16.1 Å². The molecule has 1 aromatic carbocycles. The maximum atomic E-state index is 12.2. The Balaban J connectivity index is 1.84. The van der Waals surface area contributed by atoms with E-state index in [1.54, 1.807) is 0 Å². The molecule has 0 radical (unpaired) electrons. The first-order valence-electron chi connectivity index (χ1n) is 8.27. The maximum Gasteiger partial charge on any atom is 0.222 e. The molecule has 0 spiro atoms. The molecule has 0 aliphatic carbocycles. The van der Waals surface area contributed by atoms with Gasteiger partial charge in [-0.2, -0.15) is 5.26 Å². The Bertz CT molecular complexity index is 527. The van der Waals surface area contributed by atoms with Crippen molar-refractivity contribution in [1.29, 1.82) is 5.26 Å². The van der Waals surface area contributed by atoms with Gasteiger partial charge in [-0.3, -0.25) is 9.69 Å². The van der Waals surface area contributed by atoms with Crippen LogP contribution < -0.4 is 0 Å². The Hall–Kier alpha value is -1.90. The fourth-order valence-corrected chi connectivity index (χ4v) is 2.80. The third kappa shape index (κ3) is 5.34. The first-order valence-corrected chi connectivity index (χ1v) is 8.27. The molecule has 1 saturated heterocycles. The molecule has 1 atom stereocenters. The van der Waals surface area contributed by atoms with E-state index in [0.717, 1.165) is 19.5 Å². The Labute approximate surface area is 138 Å². The highest BCUT2D eigenvalue weighted by molar-refractivity contribution is 5.76. The van der Waals surface area contributed by atoms with Crippen molar-refractivity contribution in [3.8, 4) is 6.07 Å². The van der Waals surface area contributed by atoms with Gasteiger partial charge in [-0.05, 0) is 18.9 Å². The third-order valence-corrected chi connectivity index (χ3v) is 4.10. The number of carbonyl (C=O) groups excluding carboxylic acids is 1. The van der Waals surface area contributed by atoms with Gasteiger partial charge in [-0.1, -0.05) is 30.3 Å². The molecule has 1 aliphatic rings. The van der Waals surface area contributed by atoms with Crippen molar-refractivity contribution in [3.05, 3.63) is 35.9 Å². The van der Waals surface area contributed by atoms with Crippen molar-refractivity contribution in [1.82, 2.24) is 9.80 Å². The SMILES string of the molecule is CCOCCCC(=O)N1CCN(Cc2ccccc2)[C@@H](C#N)C1. The van der Waals surface area contributed by atoms with Gasteiger partial charge in [0.2, 0.25) is 5.91 Å². The van der Waals surface area contributed by atoms with Crippen molar-refractivity contribution in [3.63, 3.8) is 0 Å². The van der Waals surface area contributed by atoms with Crippen LogP contribution in [0.15, 0.2) is 30.3 Å². The van der Waals surface area contributed by atoms with Gasteiger partial charge in [0.1, 0.15) is 6.04 Å². The Morgan fingerprint density at radius 3 is 2.83 bits per heavy atom. The summed E-state index contributed by atoms with van der Waals surface area (Å²) in [6, 6.07) is 12.3. The number of hydrogen-bond donors (Lipinski definition) is 0. The van der Waals surface area contributed by atoms with E-state index in [9.17, 15) is 10.1 Å². The fraction of sp³-hybridized carbons (Fsp3) is 0.556. The van der Waals surface area contributed by atoms with Crippen molar-refractivity contribution in [2.45, 2.75) is 32.4 Å². The summed E-state index contributed by atoms with van der Waals surface area (Å²) < 4.78 is 5.27. The molecule has 0 aromatic heterocycles. The molecule has 1 fully saturated rings. The normalized spacial score (nSPS) is 18.6. The van der Waals surface area contributed by atoms with Crippen LogP contribution in [0, 0.1) is 11.3 Å². The van der Waals surface area contributed by atoms with Crippen LogP contribution in [0.4, 0.5) is 0 Å². The molecule has 5 heteroatoms. The molecule has 1 aliphatic heterocycles. The first-order chi connectivity index (χ1) is 11.2. The van der Waals surface area contributed by atoms with Crippen LogP contribution in [0.1, 0.15) is 25.3 Å². The molecular weight excluding hydrogens is 290 g/mol. The topological polar surface area (TPSA) is 56.6 Å². The van der Waals surface area contributed by atoms with E-state index in [0.29, 0.717) is 32.7 Å². The smallest absolute Gasteiger partial charge is 0.222 e. The summed E-state index contributed by atoms with van der Waals surface area (Å²) in [6.07, 6.45) is 1.24. The predicted molar refractivity (Wildman–Crippen MR) is 88.6 cm³/mol. The second kappa shape index (κ2) is 9.29. The minimum atomic E-state index is -0.236. The minimum absolute atomic E-state index is 0.129. The molecule has 2 rings (SSSR count). The second-order valence-electron chi connectivity index (χ2n) is 5.74. The zero-order valence-corrected chi connectivity index (χ0v) is 13.8. The van der Waals surface area contributed by atoms with E-state index in [1.807, 2.05) is 30.0 Å². The highest BCUT2D eigenvalue weighted by Crippen LogP contribution is 2.15. The molecular formula is C18H25N3O2. The van der Waals surface area contributed by atoms with Crippen molar-refractivity contribution in [2.75, 3.05) is 32.8 Å². The summed E-state index contributed by atoms with van der Waals surface area (Å²) in [5.74, 6) is 0.129. The van der Waals surface area contributed by atoms with E-state index in [1.165, 1.54) is 5.56 Å². The number of nitrogens with zero attached hydrogens (tertiary/aromatic N) is 3. The fourth-order valence-electron chi connectivity index (χ4n) is 2.80. The highest BCUT2D eigenvalue weighted by Gasteiger charge is 2.29. The second-order valence-corrected chi connectivity index (χ2v) is 5.74. The van der Waals surface area contributed by atoms with E-state index in [2.05, 4.69) is 23.1 Å². The summed E-state index contributed by atoms with van der Waals surface area (Å²) in [6.45, 7) is 5.94. The standard InChI is InChI=1S/C18H25N3O2/c1-2-23-12-6-9-18(22)21-11-10-20(17(13-19)15-21)14-16-7-4-3-5-8-16/h3-5,7-8,17H,2,6,9-12,14-15H2,1H3/t17-/m0/s1. The predicted octanol–water partition coefficient (Wildman–Crippen LogP) is 2.04. The summed E-state index contributed by atoms with van der Waals surface area (Å²) in [5.41, 5.74) is 1.20. The van der Waals surface area contributed by atoms with Gasteiger partial charge >= 0.3 is 0 Å². The van der Waals surface area contributed by atoms with E-state index < -0.39 is 0 Å². The lowest BCUT2D eigenvalue weighted by atomic mass is 10.1. The Kier molecular flexibility index (Phi) is 7.05. The quantitative estimate of drug-likeness (QED) is 0.723. The maximum absolute atomic E-state index is 12.2. The number of carbonyl (C=O) groups is 1. The largest absolute Gasteiger partial charge is 0.382 e. The lowest BCUT2D eigenvalue weighted by Gasteiger charge is -2.38. The van der Waals surface area contributed by atoms with Crippen LogP contribution in [0.2, 0.25) is 0 Å². The number of hydrogen-bond acceptors (Lipinski definition) is 4. The molecule has 1 heterocycles. The van der Waals surface area contributed by atoms with Gasteiger partial charge in [0.05, 0.1) is 6.07 Å². The first kappa shape index (κ1) is 17.5. The average molecular weight is 315 g/mol. The molecule has 5 nitrogen and oxygen atoms in total. The van der Waals surface area contributed by atoms with E-state index in [-0.39, 0.29) is 11.9 Å². The average Bonchev–Trinajstić information content (AvgIpc) is 2.59. The highest BCUT2D eigenvalue weighted by atomic mass is 16.5. The summed E-state index contributed by atoms with van der Waals surface area (Å²) in [5, 5.41) is 9.44. The lowest BCUT2D eigenvalue weighted by molar-refractivity contribution is -0.134. The van der Waals surface area contributed by atoms with Gasteiger partial charge in [0.15, 0.2) is 0 Å². The molecule has 1 aromatic rings. The van der Waals surface area contributed by atoms with Gasteiger partial charge in [0.25, 0.3) is 0 Å². The number of piperazine rings is 1. The Morgan fingerprint density at radius 1 is 1.35 bits per heavy atom. The van der Waals surface area contributed by atoms with Gasteiger partial charge < -0.3 is 9.64 Å². The molecule has 0 unspecified atom stereocenters. The molecule has 23 heavy (non-hydrogen) atoms. The third-order valence-electron chi connectivity index (χ3n) is 4.10. The summed E-state index contributed by atoms with van der Waals surface area (Å²) in [4.78, 5) is 16.2. The lowest BCUT2D eigenvalue weighted by Crippen LogP contribution is -2.53. The van der Waals surface area contributed by atoms with Crippen molar-refractivity contribution >= 4 is 5.91 Å². The molecule has 1 amide bonds. The number of amides is 1. The van der Waals surface area contributed by atoms with Crippen molar-refractivity contribution in [2.24, 2.45) is 0 Å². The molecule has 124 valence electrons. The molecule has 0 saturated carbocycles. The van der Waals surface area contributed by atoms with Crippen LogP contribution >= 0.6 is 0 Å². The number of ether oxygens (including phenoxy) is 1. The van der Waals surface area contributed by atoms with Crippen molar-refractivity contribution < 1.29 is 9.53 Å². The van der Waals surface area contributed by atoms with Gasteiger partial charge in [0, 0.05) is 45.8 Å². The van der Waals surface area contributed by atoms with Crippen LogP contribution in [0.5, 0.6) is 0 Å². The summed E-state index contributed by atoms with van der Waals surface area (Å²) in [7, 11) is 0. The summed E-state index contributed by atoms with van der Waals surface area (Å²) >= 11 is 0. The monoisotopic (exact) mass is 315 g/mol. The van der Waals surface area contributed by atoms with Gasteiger partial charge in [-0.25, -0.2) is 0 Å². The van der Waals surface area contributed by atoms with Gasteiger partial charge in [-0.15, -0.1) is 0 Å². The molecule has 0 N–H and O–H groups in total. The Morgan fingerprint density at radius 2 is 2.13 bits per heavy atom. The van der Waals surface area contributed by atoms with E-state index in [4.69, 9.17) is 4.74 Å². The zero-order valence-electron chi connectivity index (χ0n) is 13.8. The number of nitriles is 1. The van der Waals surface area contributed by atoms with Crippen LogP contribution in [0.3, 0.4) is 0 Å². The zero-order chi connectivity index (χ0) is 16.5. The van der Waals surface area contributed by atoms with Crippen LogP contribution in [-0.4, -0.2) is 54.6 Å². The van der Waals surface area contributed by atoms with Crippen LogP contribution in [0.25, 0.3) is 0 Å². The number of benzene rings is 1. The molecule has 0 bridgehead atoms. The number of rotatable bonds is 7. The van der Waals surface area contributed by atoms with E-state index >= 15 is 0 Å². The minimum Gasteiger partial charge on any atom is -0.382 e.